The molecule has 2 heterocycles. The summed E-state index contributed by atoms with van der Waals surface area (Å²) in [4.78, 5) is 42.4. The second-order valence-electron chi connectivity index (χ2n) is 7.93. The number of hydrogen-bond acceptors (Lipinski definition) is 5. The number of amides is 3. The molecule has 1 atom stereocenters. The highest BCUT2D eigenvalue weighted by atomic mass is 16.5. The van der Waals surface area contributed by atoms with Gasteiger partial charge >= 0.3 is 0 Å². The lowest BCUT2D eigenvalue weighted by Gasteiger charge is -2.29. The van der Waals surface area contributed by atoms with Gasteiger partial charge in [-0.15, -0.1) is 0 Å². The van der Waals surface area contributed by atoms with Crippen LogP contribution in [-0.2, 0) is 19.1 Å². The highest BCUT2D eigenvalue weighted by Crippen LogP contribution is 2.22. The molecule has 1 aromatic carbocycles. The largest absolute Gasteiger partial charge is 0.378 e. The van der Waals surface area contributed by atoms with Crippen molar-refractivity contribution in [1.82, 2.24) is 9.80 Å². The van der Waals surface area contributed by atoms with Crippen molar-refractivity contribution >= 4 is 29.1 Å². The molecule has 1 aromatic rings. The Kier molecular flexibility index (Phi) is 6.74. The molecule has 2 aliphatic heterocycles. The van der Waals surface area contributed by atoms with Crippen LogP contribution in [0.5, 0.6) is 0 Å². The highest BCUT2D eigenvalue weighted by Gasteiger charge is 2.37. The molecule has 0 spiro atoms. The minimum atomic E-state index is -0.379. The molecule has 0 aromatic heterocycles. The number of benzene rings is 1. The summed E-state index contributed by atoms with van der Waals surface area (Å²) in [6.07, 6.45) is 0.214. The summed E-state index contributed by atoms with van der Waals surface area (Å²) in [5, 5.41) is 2.83. The first-order valence-corrected chi connectivity index (χ1v) is 10.1. The second-order valence-corrected chi connectivity index (χ2v) is 7.93. The van der Waals surface area contributed by atoms with Gasteiger partial charge in [0.15, 0.2) is 0 Å². The van der Waals surface area contributed by atoms with Crippen LogP contribution < -0.4 is 10.2 Å². The summed E-state index contributed by atoms with van der Waals surface area (Å²) in [6.45, 7) is 7.41. The van der Waals surface area contributed by atoms with Gasteiger partial charge in [0, 0.05) is 50.5 Å². The van der Waals surface area contributed by atoms with E-state index in [2.05, 4.69) is 10.2 Å². The lowest BCUT2D eigenvalue weighted by Crippen LogP contribution is -2.40. The Balaban J connectivity index is 1.49. The van der Waals surface area contributed by atoms with Crippen LogP contribution in [0.25, 0.3) is 0 Å². The number of nitrogens with zero attached hydrogens (tertiary/aromatic N) is 3. The molecular formula is C21H30N4O4. The van der Waals surface area contributed by atoms with Crippen molar-refractivity contribution in [2.24, 2.45) is 5.92 Å². The van der Waals surface area contributed by atoms with Crippen molar-refractivity contribution < 1.29 is 19.1 Å². The van der Waals surface area contributed by atoms with Crippen molar-refractivity contribution in [3.05, 3.63) is 24.3 Å². The summed E-state index contributed by atoms with van der Waals surface area (Å²) in [7, 11) is 1.60. The van der Waals surface area contributed by atoms with Crippen molar-refractivity contribution in [2.45, 2.75) is 26.3 Å². The Hall–Kier alpha value is -2.61. The van der Waals surface area contributed by atoms with Crippen molar-refractivity contribution in [2.75, 3.05) is 56.7 Å². The Morgan fingerprint density at radius 3 is 2.45 bits per heavy atom. The van der Waals surface area contributed by atoms with Gasteiger partial charge in [-0.1, -0.05) is 0 Å². The van der Waals surface area contributed by atoms with Crippen molar-refractivity contribution in [3.63, 3.8) is 0 Å². The van der Waals surface area contributed by atoms with Crippen LogP contribution in [0.3, 0.4) is 0 Å². The highest BCUT2D eigenvalue weighted by molar-refractivity contribution is 5.96. The summed E-state index contributed by atoms with van der Waals surface area (Å²) in [5.74, 6) is -0.809. The molecule has 29 heavy (non-hydrogen) atoms. The van der Waals surface area contributed by atoms with Gasteiger partial charge in [0.25, 0.3) is 0 Å². The van der Waals surface area contributed by atoms with Gasteiger partial charge in [0.2, 0.25) is 17.7 Å². The molecule has 0 bridgehead atoms. The van der Waals surface area contributed by atoms with Gasteiger partial charge in [-0.05, 0) is 38.1 Å². The van der Waals surface area contributed by atoms with E-state index in [4.69, 9.17) is 4.74 Å². The summed E-state index contributed by atoms with van der Waals surface area (Å²) < 4.78 is 5.36. The average molecular weight is 402 g/mol. The molecule has 2 saturated heterocycles. The monoisotopic (exact) mass is 402 g/mol. The zero-order chi connectivity index (χ0) is 21.0. The molecule has 2 fully saturated rings. The first kappa shape index (κ1) is 21.1. The quantitative estimate of drug-likeness (QED) is 0.773. The zero-order valence-corrected chi connectivity index (χ0v) is 17.4. The summed E-state index contributed by atoms with van der Waals surface area (Å²) in [6, 6.07) is 7.75. The predicted octanol–water partition coefficient (Wildman–Crippen LogP) is 1.18. The van der Waals surface area contributed by atoms with Gasteiger partial charge < -0.3 is 24.8 Å². The smallest absolute Gasteiger partial charge is 0.243 e. The standard InChI is InChI=1S/C21H30N4O4/c1-15(2)25-13-16(12-20(25)27)21(28)23(3)14-19(26)22-17-4-6-18(7-5-17)24-8-10-29-11-9-24/h4-7,15-16H,8-14H2,1-3H3,(H,22,26). The van der Waals surface area contributed by atoms with E-state index < -0.39 is 0 Å². The fraction of sp³-hybridized carbons (Fsp3) is 0.571. The lowest BCUT2D eigenvalue weighted by molar-refractivity contribution is -0.137. The molecule has 8 nitrogen and oxygen atoms in total. The maximum atomic E-state index is 12.6. The average Bonchev–Trinajstić information content (AvgIpc) is 3.10. The van der Waals surface area contributed by atoms with Gasteiger partial charge in [0.1, 0.15) is 0 Å². The van der Waals surface area contributed by atoms with Crippen LogP contribution in [0.4, 0.5) is 11.4 Å². The van der Waals surface area contributed by atoms with Crippen molar-refractivity contribution in [1.29, 1.82) is 0 Å². The first-order chi connectivity index (χ1) is 13.8. The van der Waals surface area contributed by atoms with Gasteiger partial charge in [-0.25, -0.2) is 0 Å². The van der Waals surface area contributed by atoms with Crippen molar-refractivity contribution in [3.8, 4) is 0 Å². The molecule has 0 saturated carbocycles. The van der Waals surface area contributed by atoms with E-state index in [1.807, 2.05) is 38.1 Å². The molecule has 3 rings (SSSR count). The van der Waals surface area contributed by atoms with Gasteiger partial charge in [0.05, 0.1) is 25.7 Å². The van der Waals surface area contributed by atoms with Gasteiger partial charge in [-0.3, -0.25) is 14.4 Å². The Morgan fingerprint density at radius 1 is 1.21 bits per heavy atom. The zero-order valence-electron chi connectivity index (χ0n) is 17.4. The number of carbonyl (C=O) groups is 3. The Morgan fingerprint density at radius 2 is 1.86 bits per heavy atom. The van der Waals surface area contributed by atoms with Gasteiger partial charge in [-0.2, -0.15) is 0 Å². The minimum Gasteiger partial charge on any atom is -0.378 e. The molecule has 0 radical (unpaired) electrons. The molecule has 1 unspecified atom stereocenters. The third kappa shape index (κ3) is 5.26. The second kappa shape index (κ2) is 9.26. The molecule has 1 N–H and O–H groups in total. The summed E-state index contributed by atoms with van der Waals surface area (Å²) >= 11 is 0. The maximum absolute atomic E-state index is 12.6. The molecule has 0 aliphatic carbocycles. The third-order valence-electron chi connectivity index (χ3n) is 5.42. The number of likely N-dealkylation sites (tertiary alicyclic amines) is 1. The number of likely N-dealkylation sites (N-methyl/N-ethyl adjacent to an activating group) is 1. The van der Waals surface area contributed by atoms with Crippen LogP contribution in [0.2, 0.25) is 0 Å². The van der Waals surface area contributed by atoms with E-state index in [0.717, 1.165) is 32.0 Å². The van der Waals surface area contributed by atoms with E-state index in [-0.39, 0.29) is 42.6 Å². The lowest BCUT2D eigenvalue weighted by atomic mass is 10.1. The number of ether oxygens (including phenoxy) is 1. The number of nitrogens with one attached hydrogen (secondary N) is 1. The minimum absolute atomic E-state index is 0.00319. The fourth-order valence-electron chi connectivity index (χ4n) is 3.78. The number of morpholine rings is 1. The van der Waals surface area contributed by atoms with E-state index in [0.29, 0.717) is 12.2 Å². The SMILES string of the molecule is CC(C)N1CC(C(=O)N(C)CC(=O)Nc2ccc(N3CCOCC3)cc2)CC1=O. The molecule has 158 valence electrons. The maximum Gasteiger partial charge on any atom is 0.243 e. The van der Waals surface area contributed by atoms with Crippen LogP contribution in [0, 0.1) is 5.92 Å². The van der Waals surface area contributed by atoms with E-state index >= 15 is 0 Å². The van der Waals surface area contributed by atoms with E-state index in [1.165, 1.54) is 4.90 Å². The third-order valence-corrected chi connectivity index (χ3v) is 5.42. The molecular weight excluding hydrogens is 372 g/mol. The fourth-order valence-corrected chi connectivity index (χ4v) is 3.78. The molecule has 2 aliphatic rings. The van der Waals surface area contributed by atoms with Crippen LogP contribution in [0.1, 0.15) is 20.3 Å². The number of hydrogen-bond donors (Lipinski definition) is 1. The number of anilines is 2. The first-order valence-electron chi connectivity index (χ1n) is 10.1. The van der Waals surface area contributed by atoms with Crippen LogP contribution in [-0.4, -0.2) is 80.0 Å². The summed E-state index contributed by atoms with van der Waals surface area (Å²) in [5.41, 5.74) is 1.79. The Bertz CT molecular complexity index is 744. The molecule has 8 heteroatoms. The van der Waals surface area contributed by atoms with Crippen LogP contribution in [0.15, 0.2) is 24.3 Å². The normalized spacial score (nSPS) is 19.6. The topological polar surface area (TPSA) is 82.2 Å². The number of carbonyl (C=O) groups excluding carboxylic acids is 3. The van der Waals surface area contributed by atoms with E-state index in [1.54, 1.807) is 11.9 Å². The number of rotatable bonds is 6. The van der Waals surface area contributed by atoms with E-state index in [9.17, 15) is 14.4 Å². The Labute approximate surface area is 171 Å². The predicted molar refractivity (Wildman–Crippen MR) is 111 cm³/mol. The molecule has 3 amide bonds. The van der Waals surface area contributed by atoms with Crippen LogP contribution >= 0.6 is 0 Å².